The van der Waals surface area contributed by atoms with Crippen molar-refractivity contribution in [3.63, 3.8) is 0 Å². The van der Waals surface area contributed by atoms with E-state index in [0.717, 1.165) is 11.7 Å². The van der Waals surface area contributed by atoms with E-state index < -0.39 is 0 Å². The molecule has 0 atom stereocenters. The highest BCUT2D eigenvalue weighted by Crippen LogP contribution is 2.28. The van der Waals surface area contributed by atoms with Crippen molar-refractivity contribution in [1.82, 2.24) is 4.98 Å². The number of aromatic nitrogens is 1. The fourth-order valence-corrected chi connectivity index (χ4v) is 2.50. The standard InChI is InChI=1S/C14H19N3/c1-2-11-6-8-12(9-7-11)16-14-5-3-4-13(10-15)17-14/h3-5,11-12H,2,6-9H2,1H3,(H,16,17). The third kappa shape index (κ3) is 3.20. The van der Waals surface area contributed by atoms with Gasteiger partial charge >= 0.3 is 0 Å². The molecular weight excluding hydrogens is 210 g/mol. The summed E-state index contributed by atoms with van der Waals surface area (Å²) in [7, 11) is 0. The molecule has 17 heavy (non-hydrogen) atoms. The second-order valence-corrected chi connectivity index (χ2v) is 4.79. The van der Waals surface area contributed by atoms with Crippen molar-refractivity contribution < 1.29 is 0 Å². The summed E-state index contributed by atoms with van der Waals surface area (Å²) in [5, 5.41) is 12.2. The van der Waals surface area contributed by atoms with E-state index in [2.05, 4.69) is 23.3 Å². The Morgan fingerprint density at radius 2 is 2.12 bits per heavy atom. The number of rotatable bonds is 3. The average Bonchev–Trinajstić information content (AvgIpc) is 2.40. The van der Waals surface area contributed by atoms with Crippen LogP contribution in [0.5, 0.6) is 0 Å². The molecule has 3 heteroatoms. The van der Waals surface area contributed by atoms with E-state index in [-0.39, 0.29) is 0 Å². The van der Waals surface area contributed by atoms with Crippen molar-refractivity contribution in [2.24, 2.45) is 5.92 Å². The zero-order valence-corrected chi connectivity index (χ0v) is 10.3. The van der Waals surface area contributed by atoms with Gasteiger partial charge in [0.25, 0.3) is 0 Å². The van der Waals surface area contributed by atoms with Crippen LogP contribution in [0.4, 0.5) is 5.82 Å². The molecule has 1 N–H and O–H groups in total. The highest BCUT2D eigenvalue weighted by molar-refractivity contribution is 5.39. The van der Waals surface area contributed by atoms with Gasteiger partial charge in [-0.25, -0.2) is 4.98 Å². The largest absolute Gasteiger partial charge is 0.367 e. The molecule has 90 valence electrons. The van der Waals surface area contributed by atoms with E-state index in [1.54, 1.807) is 6.07 Å². The minimum atomic E-state index is 0.484. The number of pyridine rings is 1. The van der Waals surface area contributed by atoms with Crippen molar-refractivity contribution in [3.05, 3.63) is 23.9 Å². The molecule has 0 amide bonds. The molecular formula is C14H19N3. The molecule has 1 heterocycles. The normalized spacial score (nSPS) is 24.0. The van der Waals surface area contributed by atoms with Crippen LogP contribution < -0.4 is 5.32 Å². The lowest BCUT2D eigenvalue weighted by molar-refractivity contribution is 0.330. The van der Waals surface area contributed by atoms with Crippen LogP contribution in [0.25, 0.3) is 0 Å². The smallest absolute Gasteiger partial charge is 0.142 e. The number of anilines is 1. The zero-order valence-electron chi connectivity index (χ0n) is 10.3. The molecule has 0 bridgehead atoms. The lowest BCUT2D eigenvalue weighted by Gasteiger charge is -2.28. The second kappa shape index (κ2) is 5.67. The molecule has 0 aromatic carbocycles. The molecule has 3 nitrogen and oxygen atoms in total. The molecule has 1 saturated carbocycles. The van der Waals surface area contributed by atoms with E-state index in [9.17, 15) is 0 Å². The van der Waals surface area contributed by atoms with E-state index in [1.165, 1.54) is 32.1 Å². The van der Waals surface area contributed by atoms with Crippen LogP contribution in [-0.4, -0.2) is 11.0 Å². The third-order valence-electron chi connectivity index (χ3n) is 3.64. The maximum Gasteiger partial charge on any atom is 0.142 e. The fourth-order valence-electron chi connectivity index (χ4n) is 2.50. The van der Waals surface area contributed by atoms with Crippen LogP contribution in [0.15, 0.2) is 18.2 Å². The minimum Gasteiger partial charge on any atom is -0.367 e. The average molecular weight is 229 g/mol. The summed E-state index contributed by atoms with van der Waals surface area (Å²) < 4.78 is 0. The van der Waals surface area contributed by atoms with E-state index in [1.807, 2.05) is 12.1 Å². The molecule has 1 aromatic heterocycles. The highest BCUT2D eigenvalue weighted by atomic mass is 15.0. The fraction of sp³-hybridized carbons (Fsp3) is 0.571. The third-order valence-corrected chi connectivity index (χ3v) is 3.64. The Morgan fingerprint density at radius 3 is 2.76 bits per heavy atom. The monoisotopic (exact) mass is 229 g/mol. The van der Waals surface area contributed by atoms with Crippen molar-refractivity contribution >= 4 is 5.82 Å². The number of hydrogen-bond donors (Lipinski definition) is 1. The molecule has 0 aliphatic heterocycles. The van der Waals surface area contributed by atoms with E-state index in [0.29, 0.717) is 11.7 Å². The summed E-state index contributed by atoms with van der Waals surface area (Å²) >= 11 is 0. The number of nitrogens with one attached hydrogen (secondary N) is 1. The maximum absolute atomic E-state index is 8.79. The first kappa shape index (κ1) is 11.9. The number of hydrogen-bond acceptors (Lipinski definition) is 3. The van der Waals surface area contributed by atoms with Crippen LogP contribution in [0.1, 0.15) is 44.7 Å². The first-order valence-corrected chi connectivity index (χ1v) is 6.45. The molecule has 0 saturated heterocycles. The summed E-state index contributed by atoms with van der Waals surface area (Å²) in [5.74, 6) is 1.75. The highest BCUT2D eigenvalue weighted by Gasteiger charge is 2.19. The Bertz CT molecular complexity index is 400. The van der Waals surface area contributed by atoms with E-state index in [4.69, 9.17) is 5.26 Å². The van der Waals surface area contributed by atoms with Gasteiger partial charge in [-0.1, -0.05) is 19.4 Å². The summed E-state index contributed by atoms with van der Waals surface area (Å²) in [6.45, 7) is 2.27. The first-order valence-electron chi connectivity index (χ1n) is 6.45. The number of nitrogens with zero attached hydrogens (tertiary/aromatic N) is 2. The van der Waals surface area contributed by atoms with Crippen LogP contribution in [-0.2, 0) is 0 Å². The number of nitriles is 1. The Balaban J connectivity index is 1.91. The zero-order chi connectivity index (χ0) is 12.1. The molecule has 1 aliphatic carbocycles. The molecule has 1 aliphatic rings. The summed E-state index contributed by atoms with van der Waals surface area (Å²) in [4.78, 5) is 4.25. The van der Waals surface area contributed by atoms with Gasteiger partial charge in [-0.2, -0.15) is 5.26 Å². The van der Waals surface area contributed by atoms with Crippen LogP contribution in [0.2, 0.25) is 0 Å². The van der Waals surface area contributed by atoms with Crippen molar-refractivity contribution in [3.8, 4) is 6.07 Å². The maximum atomic E-state index is 8.79. The predicted molar refractivity (Wildman–Crippen MR) is 68.6 cm³/mol. The van der Waals surface area contributed by atoms with Gasteiger partial charge in [0.2, 0.25) is 0 Å². The first-order chi connectivity index (χ1) is 8.31. The SMILES string of the molecule is CCC1CCC(Nc2cccc(C#N)n2)CC1. The van der Waals surface area contributed by atoms with Gasteiger partial charge in [0, 0.05) is 6.04 Å². The van der Waals surface area contributed by atoms with Crippen molar-refractivity contribution in [2.45, 2.75) is 45.1 Å². The van der Waals surface area contributed by atoms with Gasteiger partial charge in [0.15, 0.2) is 0 Å². The molecule has 1 aromatic rings. The molecule has 0 radical (unpaired) electrons. The lowest BCUT2D eigenvalue weighted by Crippen LogP contribution is -2.26. The Morgan fingerprint density at radius 1 is 1.35 bits per heavy atom. The molecule has 0 unspecified atom stereocenters. The molecule has 0 spiro atoms. The summed E-state index contributed by atoms with van der Waals surface area (Å²) in [6, 6.07) is 8.15. The molecule has 1 fully saturated rings. The Hall–Kier alpha value is -1.56. The van der Waals surface area contributed by atoms with Gasteiger partial charge in [-0.15, -0.1) is 0 Å². The lowest BCUT2D eigenvalue weighted by atomic mass is 9.84. The van der Waals surface area contributed by atoms with Gasteiger partial charge in [0.1, 0.15) is 17.6 Å². The minimum absolute atomic E-state index is 0.484. The Labute approximate surface area is 103 Å². The topological polar surface area (TPSA) is 48.7 Å². The predicted octanol–water partition coefficient (Wildman–Crippen LogP) is 3.33. The van der Waals surface area contributed by atoms with Gasteiger partial charge in [-0.3, -0.25) is 0 Å². The second-order valence-electron chi connectivity index (χ2n) is 4.79. The summed E-state index contributed by atoms with van der Waals surface area (Å²) in [6.07, 6.45) is 6.36. The van der Waals surface area contributed by atoms with Crippen LogP contribution >= 0.6 is 0 Å². The van der Waals surface area contributed by atoms with Gasteiger partial charge < -0.3 is 5.32 Å². The summed E-state index contributed by atoms with van der Waals surface area (Å²) in [5.41, 5.74) is 0.484. The Kier molecular flexibility index (Phi) is 3.98. The van der Waals surface area contributed by atoms with Crippen molar-refractivity contribution in [1.29, 1.82) is 5.26 Å². The van der Waals surface area contributed by atoms with Crippen LogP contribution in [0, 0.1) is 17.2 Å². The molecule has 2 rings (SSSR count). The van der Waals surface area contributed by atoms with Gasteiger partial charge in [0.05, 0.1) is 0 Å². The van der Waals surface area contributed by atoms with Gasteiger partial charge in [-0.05, 0) is 43.7 Å². The van der Waals surface area contributed by atoms with Crippen LogP contribution in [0.3, 0.4) is 0 Å². The van der Waals surface area contributed by atoms with E-state index >= 15 is 0 Å². The quantitative estimate of drug-likeness (QED) is 0.864. The van der Waals surface area contributed by atoms with Crippen molar-refractivity contribution in [2.75, 3.05) is 5.32 Å².